The molecule has 0 bridgehead atoms. The van der Waals surface area contributed by atoms with Gasteiger partial charge in [0.25, 0.3) is 0 Å². The topological polar surface area (TPSA) is 69.7 Å². The number of hydrogen-bond donors (Lipinski definition) is 0. The third-order valence-corrected chi connectivity index (χ3v) is 13.8. The standard InChI is InChI=1S/C38H51BrF2O5S2/c1-35(2,3)28-20-12-15-23-31(28)47(32-24-16-13-21-29(32)36(4,5)6,33-25-17-14-22-30(33)37(7,8)9)46-48(43,44)38(40,41)34(42)45-27-19-11-10-18-26-39/h12-17,20-25H,10-11,18-19,26-27H2,1-9H3. The molecular formula is C38H51BrF2O5S2. The van der Waals surface area contributed by atoms with E-state index in [0.29, 0.717) is 27.5 Å². The number of unbranched alkanes of at least 4 members (excludes halogenated alkanes) is 3. The zero-order chi connectivity index (χ0) is 36.2. The highest BCUT2D eigenvalue weighted by Gasteiger charge is 2.59. The van der Waals surface area contributed by atoms with Crippen LogP contribution < -0.4 is 0 Å². The lowest BCUT2D eigenvalue weighted by Gasteiger charge is -2.46. The van der Waals surface area contributed by atoms with E-state index >= 15 is 8.78 Å². The van der Waals surface area contributed by atoms with Crippen molar-refractivity contribution in [3.63, 3.8) is 0 Å². The molecule has 3 aromatic rings. The molecule has 3 rings (SSSR count). The normalized spacial score (nSPS) is 13.8. The lowest BCUT2D eigenvalue weighted by atomic mass is 9.87. The average molecular weight is 770 g/mol. The molecule has 0 radical (unpaired) electrons. The predicted octanol–water partition coefficient (Wildman–Crippen LogP) is 11.2. The van der Waals surface area contributed by atoms with Gasteiger partial charge < -0.3 is 4.74 Å². The minimum Gasteiger partial charge on any atom is -0.460 e. The van der Waals surface area contributed by atoms with Crippen molar-refractivity contribution < 1.29 is 30.4 Å². The van der Waals surface area contributed by atoms with Crippen molar-refractivity contribution in [2.75, 3.05) is 11.9 Å². The summed E-state index contributed by atoms with van der Waals surface area (Å²) in [7, 11) is -9.54. The molecule has 266 valence electrons. The van der Waals surface area contributed by atoms with Crippen LogP contribution in [-0.4, -0.2) is 31.6 Å². The fourth-order valence-electron chi connectivity index (χ4n) is 5.55. The number of hydrogen-bond acceptors (Lipinski definition) is 5. The monoisotopic (exact) mass is 768 g/mol. The zero-order valence-corrected chi connectivity index (χ0v) is 32.9. The van der Waals surface area contributed by atoms with Crippen molar-refractivity contribution in [3.8, 4) is 0 Å². The first-order valence-corrected chi connectivity index (χ1v) is 20.4. The van der Waals surface area contributed by atoms with Crippen LogP contribution in [0.5, 0.6) is 0 Å². The molecule has 0 spiro atoms. The van der Waals surface area contributed by atoms with Gasteiger partial charge in [0.2, 0.25) is 0 Å². The third-order valence-electron chi connectivity index (χ3n) is 8.02. The first kappa shape index (κ1) is 40.2. The van der Waals surface area contributed by atoms with Crippen molar-refractivity contribution in [3.05, 3.63) is 89.5 Å². The third kappa shape index (κ3) is 8.71. The van der Waals surface area contributed by atoms with E-state index < -0.39 is 47.9 Å². The molecule has 48 heavy (non-hydrogen) atoms. The van der Waals surface area contributed by atoms with Crippen molar-refractivity contribution in [2.45, 2.75) is 124 Å². The van der Waals surface area contributed by atoms with E-state index in [9.17, 15) is 13.2 Å². The Hall–Kier alpha value is -2.27. The van der Waals surface area contributed by atoms with E-state index in [-0.39, 0.29) is 6.61 Å². The van der Waals surface area contributed by atoms with Crippen LogP contribution in [-0.2, 0) is 39.5 Å². The summed E-state index contributed by atoms with van der Waals surface area (Å²) in [6.45, 7) is 17.5. The highest BCUT2D eigenvalue weighted by molar-refractivity contribution is 9.09. The van der Waals surface area contributed by atoms with Gasteiger partial charge in [-0.25, -0.2) is 8.42 Å². The molecule has 3 aromatic carbocycles. The highest BCUT2D eigenvalue weighted by atomic mass is 79.9. The number of carbonyl (C=O) groups excluding carboxylic acids is 1. The number of halogens is 3. The Kier molecular flexibility index (Phi) is 12.8. The van der Waals surface area contributed by atoms with E-state index in [1.807, 2.05) is 98.7 Å². The molecule has 0 aliphatic heterocycles. The van der Waals surface area contributed by atoms with E-state index in [1.165, 1.54) is 0 Å². The molecule has 0 aromatic heterocycles. The van der Waals surface area contributed by atoms with Gasteiger partial charge in [-0.15, -0.1) is 0 Å². The van der Waals surface area contributed by atoms with E-state index in [4.69, 9.17) is 8.37 Å². The number of esters is 1. The second-order valence-electron chi connectivity index (χ2n) is 15.1. The van der Waals surface area contributed by atoms with Crippen LogP contribution in [0, 0.1) is 0 Å². The highest BCUT2D eigenvalue weighted by Crippen LogP contribution is 2.74. The number of benzene rings is 3. The summed E-state index contributed by atoms with van der Waals surface area (Å²) in [6, 6.07) is 21.8. The van der Waals surface area contributed by atoms with Crippen LogP contribution >= 0.6 is 26.2 Å². The van der Waals surface area contributed by atoms with Crippen LogP contribution in [0.2, 0.25) is 0 Å². The molecule has 0 saturated carbocycles. The number of carbonyl (C=O) groups is 1. The number of ether oxygens (including phenoxy) is 1. The first-order valence-electron chi connectivity index (χ1n) is 16.3. The Balaban J connectivity index is 2.47. The van der Waals surface area contributed by atoms with Crippen LogP contribution in [0.3, 0.4) is 0 Å². The maximum atomic E-state index is 16.1. The van der Waals surface area contributed by atoms with Crippen LogP contribution in [0.1, 0.15) is 105 Å². The quantitative estimate of drug-likeness (QED) is 0.0984. The Labute approximate surface area is 297 Å². The summed E-state index contributed by atoms with van der Waals surface area (Å²) in [6.07, 6.45) is 2.69. The molecule has 0 unspecified atom stereocenters. The van der Waals surface area contributed by atoms with Gasteiger partial charge in [-0.3, -0.25) is 0 Å². The molecule has 5 nitrogen and oxygen atoms in total. The fraction of sp³-hybridized carbons (Fsp3) is 0.500. The number of rotatable bonds is 13. The minimum absolute atomic E-state index is 0.323. The molecule has 0 fully saturated rings. The molecule has 0 saturated heterocycles. The molecule has 10 heteroatoms. The van der Waals surface area contributed by atoms with Crippen molar-refractivity contribution >= 4 is 42.3 Å². The summed E-state index contributed by atoms with van der Waals surface area (Å²) < 4.78 is 71.8. The first-order chi connectivity index (χ1) is 22.1. The molecule has 0 aliphatic rings. The summed E-state index contributed by atoms with van der Waals surface area (Å²) in [5, 5.41) is -4.18. The van der Waals surface area contributed by atoms with Crippen LogP contribution in [0.15, 0.2) is 87.5 Å². The van der Waals surface area contributed by atoms with E-state index in [0.717, 1.165) is 34.9 Å². The Morgan fingerprint density at radius 1 is 0.625 bits per heavy atom. The largest absolute Gasteiger partial charge is 0.466 e. The molecular weight excluding hydrogens is 718 g/mol. The molecule has 0 amide bonds. The van der Waals surface area contributed by atoms with E-state index in [2.05, 4.69) is 15.9 Å². The van der Waals surface area contributed by atoms with Gasteiger partial charge in [-0.1, -0.05) is 146 Å². The lowest BCUT2D eigenvalue weighted by Crippen LogP contribution is -2.41. The second-order valence-corrected chi connectivity index (χ2v) is 20.3. The Morgan fingerprint density at radius 2 is 0.979 bits per heavy atom. The predicted molar refractivity (Wildman–Crippen MR) is 196 cm³/mol. The molecule has 0 N–H and O–H groups in total. The Morgan fingerprint density at radius 3 is 1.33 bits per heavy atom. The minimum atomic E-state index is -5.98. The maximum Gasteiger partial charge on any atom is 0.466 e. The second kappa shape index (κ2) is 15.3. The van der Waals surface area contributed by atoms with Crippen molar-refractivity contribution in [1.29, 1.82) is 0 Å². The van der Waals surface area contributed by atoms with Crippen molar-refractivity contribution in [1.82, 2.24) is 0 Å². The summed E-state index contributed by atoms with van der Waals surface area (Å²) in [4.78, 5) is 14.3. The van der Waals surface area contributed by atoms with Crippen molar-refractivity contribution in [2.24, 2.45) is 0 Å². The molecule has 0 atom stereocenters. The Bertz CT molecular complexity index is 1530. The summed E-state index contributed by atoms with van der Waals surface area (Å²) >= 11 is 3.35. The average Bonchev–Trinajstić information content (AvgIpc) is 3.00. The molecule has 0 aliphatic carbocycles. The van der Waals surface area contributed by atoms with Gasteiger partial charge in [-0.05, 0) is 74.3 Å². The smallest absolute Gasteiger partial charge is 0.460 e. The summed E-state index contributed by atoms with van der Waals surface area (Å²) in [5.74, 6) is -2.14. The van der Waals surface area contributed by atoms with Gasteiger partial charge in [0.1, 0.15) is 0 Å². The van der Waals surface area contributed by atoms with Gasteiger partial charge >= 0.3 is 21.3 Å². The number of alkyl halides is 3. The van der Waals surface area contributed by atoms with Gasteiger partial charge in [-0.2, -0.15) is 17.2 Å². The molecule has 0 heterocycles. The fourth-order valence-corrected chi connectivity index (χ4v) is 12.1. The zero-order valence-electron chi connectivity index (χ0n) is 29.7. The van der Waals surface area contributed by atoms with Crippen LogP contribution in [0.25, 0.3) is 0 Å². The SMILES string of the molecule is CC(C)(C)c1ccccc1S(OS(=O)(=O)C(F)(F)C(=O)OCCCCCCBr)(c1ccccc1C(C)(C)C)c1ccccc1C(C)(C)C. The van der Waals surface area contributed by atoms with Gasteiger partial charge in [0.15, 0.2) is 0 Å². The van der Waals surface area contributed by atoms with E-state index in [1.54, 1.807) is 36.4 Å². The summed E-state index contributed by atoms with van der Waals surface area (Å²) in [5.41, 5.74) is 0.550. The lowest BCUT2D eigenvalue weighted by molar-refractivity contribution is -0.161. The van der Waals surface area contributed by atoms with Gasteiger partial charge in [0.05, 0.1) is 6.61 Å². The van der Waals surface area contributed by atoms with Crippen LogP contribution in [0.4, 0.5) is 8.78 Å². The maximum absolute atomic E-state index is 16.1. The van der Waals surface area contributed by atoms with Gasteiger partial charge in [0, 0.05) is 20.0 Å².